The summed E-state index contributed by atoms with van der Waals surface area (Å²) < 4.78 is 10.5. The minimum atomic E-state index is -1.21. The van der Waals surface area contributed by atoms with Crippen LogP contribution in [-0.2, 0) is 25.7 Å². The van der Waals surface area contributed by atoms with Gasteiger partial charge in [0, 0.05) is 11.4 Å². The quantitative estimate of drug-likeness (QED) is 0.210. The first kappa shape index (κ1) is 28.3. The minimum absolute atomic E-state index is 0.00511. The molecule has 2 aromatic rings. The van der Waals surface area contributed by atoms with E-state index in [1.165, 1.54) is 13.0 Å². The molecule has 0 spiro atoms. The van der Waals surface area contributed by atoms with Gasteiger partial charge >= 0.3 is 12.1 Å². The standard InChI is InChI=1S/C24H31N5O6S/c1-14(30)19(29-22(25)26)17-10-11-18(36-17)20(31)27-12-16(21(32)35-24(2,3)4)28-23(33)34-13-15-8-6-5-7-9-15/h5-11,16,19H,12-13H2,1-4H3,(H,27,31)(H,28,33)(H4,25,26,29)/t16-,19?/m0/s1. The molecule has 36 heavy (non-hydrogen) atoms. The smallest absolute Gasteiger partial charge is 0.408 e. The number of amides is 2. The number of aliphatic imine (C=N–C) groups is 1. The number of thiophene rings is 1. The van der Waals surface area contributed by atoms with E-state index in [2.05, 4.69) is 15.6 Å². The van der Waals surface area contributed by atoms with Crippen molar-refractivity contribution in [2.24, 2.45) is 16.5 Å². The van der Waals surface area contributed by atoms with Crippen LogP contribution in [0.25, 0.3) is 0 Å². The van der Waals surface area contributed by atoms with E-state index in [-0.39, 0.29) is 29.8 Å². The van der Waals surface area contributed by atoms with Crippen LogP contribution in [0.2, 0.25) is 0 Å². The van der Waals surface area contributed by atoms with Gasteiger partial charge in [0.25, 0.3) is 5.91 Å². The molecule has 2 rings (SSSR count). The number of ketones is 1. The lowest BCUT2D eigenvalue weighted by atomic mass is 10.2. The van der Waals surface area contributed by atoms with Crippen molar-refractivity contribution in [3.8, 4) is 0 Å². The van der Waals surface area contributed by atoms with Gasteiger partial charge in [-0.25, -0.2) is 14.6 Å². The largest absolute Gasteiger partial charge is 0.458 e. The maximum Gasteiger partial charge on any atom is 0.408 e. The van der Waals surface area contributed by atoms with Crippen LogP contribution in [0.5, 0.6) is 0 Å². The highest BCUT2D eigenvalue weighted by molar-refractivity contribution is 7.14. The molecule has 11 nitrogen and oxygen atoms in total. The first-order valence-corrected chi connectivity index (χ1v) is 11.8. The number of hydrogen-bond acceptors (Lipinski definition) is 8. The summed E-state index contributed by atoms with van der Waals surface area (Å²) in [5, 5.41) is 5.04. The maximum atomic E-state index is 12.7. The molecular weight excluding hydrogens is 486 g/mol. The van der Waals surface area contributed by atoms with E-state index in [1.54, 1.807) is 39.0 Å². The molecule has 2 amide bonds. The van der Waals surface area contributed by atoms with Crippen LogP contribution in [0.3, 0.4) is 0 Å². The van der Waals surface area contributed by atoms with E-state index in [1.807, 2.05) is 18.2 Å². The van der Waals surface area contributed by atoms with Crippen LogP contribution in [0.15, 0.2) is 47.5 Å². The van der Waals surface area contributed by atoms with Crippen LogP contribution in [0.4, 0.5) is 4.79 Å². The number of carbonyl (C=O) groups is 4. The van der Waals surface area contributed by atoms with Crippen molar-refractivity contribution in [3.63, 3.8) is 0 Å². The highest BCUT2D eigenvalue weighted by Gasteiger charge is 2.28. The number of alkyl carbamates (subject to hydrolysis) is 1. The highest BCUT2D eigenvalue weighted by atomic mass is 32.1. The Balaban J connectivity index is 2.06. The number of nitrogens with one attached hydrogen (secondary N) is 2. The van der Waals surface area contributed by atoms with Crippen LogP contribution in [-0.4, -0.2) is 47.9 Å². The number of nitrogens with two attached hydrogens (primary N) is 2. The van der Waals surface area contributed by atoms with E-state index in [9.17, 15) is 19.2 Å². The molecule has 0 saturated carbocycles. The number of guanidine groups is 1. The van der Waals surface area contributed by atoms with Crippen LogP contribution < -0.4 is 22.1 Å². The Morgan fingerprint density at radius 3 is 2.31 bits per heavy atom. The van der Waals surface area contributed by atoms with Crippen molar-refractivity contribution in [2.75, 3.05) is 6.54 Å². The fourth-order valence-corrected chi connectivity index (χ4v) is 3.90. The lowest BCUT2D eigenvalue weighted by Gasteiger charge is -2.24. The molecule has 0 fully saturated rings. The lowest BCUT2D eigenvalue weighted by Crippen LogP contribution is -2.50. The number of nitrogens with zero attached hydrogens (tertiary/aromatic N) is 1. The molecule has 0 aliphatic heterocycles. The summed E-state index contributed by atoms with van der Waals surface area (Å²) in [5.74, 6) is -1.80. The van der Waals surface area contributed by atoms with E-state index >= 15 is 0 Å². The van der Waals surface area contributed by atoms with Crippen LogP contribution >= 0.6 is 11.3 Å². The number of carbonyl (C=O) groups excluding carboxylic acids is 4. The lowest BCUT2D eigenvalue weighted by molar-refractivity contribution is -0.157. The van der Waals surface area contributed by atoms with Gasteiger partial charge in [0.15, 0.2) is 11.7 Å². The van der Waals surface area contributed by atoms with E-state index < -0.39 is 35.7 Å². The SMILES string of the molecule is CC(=O)C(N=C(N)N)c1ccc(C(=O)NC[C@H](NC(=O)OCc2ccccc2)C(=O)OC(C)(C)C)s1. The normalized spacial score (nSPS) is 12.6. The van der Waals surface area contributed by atoms with Gasteiger partial charge in [-0.1, -0.05) is 30.3 Å². The minimum Gasteiger partial charge on any atom is -0.458 e. The second-order valence-corrected chi connectivity index (χ2v) is 9.89. The summed E-state index contributed by atoms with van der Waals surface area (Å²) >= 11 is 1.03. The zero-order valence-electron chi connectivity index (χ0n) is 20.6. The van der Waals surface area contributed by atoms with Gasteiger partial charge in [0.05, 0.1) is 4.88 Å². The molecule has 6 N–H and O–H groups in total. The van der Waals surface area contributed by atoms with Gasteiger partial charge in [-0.05, 0) is 45.4 Å². The number of rotatable bonds is 10. The van der Waals surface area contributed by atoms with Crippen molar-refractivity contribution in [1.29, 1.82) is 0 Å². The molecule has 12 heteroatoms. The third-order valence-electron chi connectivity index (χ3n) is 4.45. The topological polar surface area (TPSA) is 175 Å². The van der Waals surface area contributed by atoms with Crippen LogP contribution in [0, 0.1) is 0 Å². The first-order valence-electron chi connectivity index (χ1n) is 11.0. The Labute approximate surface area is 213 Å². The molecule has 0 bridgehead atoms. The average Bonchev–Trinajstić information content (AvgIpc) is 3.27. The van der Waals surface area contributed by atoms with Gasteiger partial charge in [-0.15, -0.1) is 11.3 Å². The zero-order valence-corrected chi connectivity index (χ0v) is 21.4. The summed E-state index contributed by atoms with van der Waals surface area (Å²) in [6, 6.07) is 9.99. The number of ether oxygens (including phenoxy) is 2. The van der Waals surface area contributed by atoms with E-state index in [0.717, 1.165) is 16.9 Å². The fourth-order valence-electron chi connectivity index (χ4n) is 2.88. The molecular formula is C24H31N5O6S. The van der Waals surface area contributed by atoms with Crippen molar-refractivity contribution in [1.82, 2.24) is 10.6 Å². The summed E-state index contributed by atoms with van der Waals surface area (Å²) in [5.41, 5.74) is 10.7. The molecule has 2 atom stereocenters. The highest BCUT2D eigenvalue weighted by Crippen LogP contribution is 2.27. The molecule has 0 aliphatic rings. The Kier molecular flexibility index (Phi) is 9.97. The van der Waals surface area contributed by atoms with Crippen LogP contribution in [0.1, 0.15) is 53.8 Å². The third kappa shape index (κ3) is 9.37. The summed E-state index contributed by atoms with van der Waals surface area (Å²) in [7, 11) is 0. The fraction of sp³-hybridized carbons (Fsp3) is 0.375. The van der Waals surface area contributed by atoms with Gasteiger partial charge in [-0.2, -0.15) is 0 Å². The first-order chi connectivity index (χ1) is 16.9. The number of esters is 1. The number of Topliss-reactive ketones (excluding diaryl/α,β-unsaturated/α-hetero) is 1. The molecule has 1 aromatic heterocycles. The van der Waals surface area contributed by atoms with Gasteiger partial charge in [-0.3, -0.25) is 9.59 Å². The number of benzene rings is 1. The van der Waals surface area contributed by atoms with Crippen molar-refractivity contribution < 1.29 is 28.7 Å². The predicted molar refractivity (Wildman–Crippen MR) is 135 cm³/mol. The van der Waals surface area contributed by atoms with Crippen molar-refractivity contribution >= 4 is 41.0 Å². The Morgan fingerprint density at radius 2 is 1.72 bits per heavy atom. The average molecular weight is 518 g/mol. The van der Waals surface area contributed by atoms with E-state index in [0.29, 0.717) is 4.88 Å². The molecule has 194 valence electrons. The molecule has 0 radical (unpaired) electrons. The second-order valence-electron chi connectivity index (χ2n) is 8.77. The zero-order chi connectivity index (χ0) is 26.9. The van der Waals surface area contributed by atoms with Crippen molar-refractivity contribution in [3.05, 3.63) is 57.8 Å². The maximum absolute atomic E-state index is 12.7. The summed E-state index contributed by atoms with van der Waals surface area (Å²) in [4.78, 5) is 54.2. The molecule has 1 heterocycles. The van der Waals surface area contributed by atoms with Gasteiger partial charge in [0.1, 0.15) is 24.3 Å². The summed E-state index contributed by atoms with van der Waals surface area (Å²) in [6.45, 7) is 6.14. The molecule has 1 unspecified atom stereocenters. The number of hydrogen-bond donors (Lipinski definition) is 4. The molecule has 0 saturated heterocycles. The van der Waals surface area contributed by atoms with Crippen molar-refractivity contribution in [2.45, 2.75) is 52.0 Å². The monoisotopic (exact) mass is 517 g/mol. The Bertz CT molecular complexity index is 1110. The molecule has 1 aromatic carbocycles. The van der Waals surface area contributed by atoms with Gasteiger partial charge in [0.2, 0.25) is 0 Å². The summed E-state index contributed by atoms with van der Waals surface area (Å²) in [6.07, 6.45) is -0.844. The predicted octanol–water partition coefficient (Wildman–Crippen LogP) is 2.02. The second kappa shape index (κ2) is 12.7. The molecule has 0 aliphatic carbocycles. The van der Waals surface area contributed by atoms with Gasteiger partial charge < -0.3 is 31.6 Å². The third-order valence-corrected chi connectivity index (χ3v) is 5.58. The van der Waals surface area contributed by atoms with E-state index in [4.69, 9.17) is 20.9 Å². The Morgan fingerprint density at radius 1 is 1.06 bits per heavy atom. The Hall–Kier alpha value is -3.93.